The fourth-order valence-corrected chi connectivity index (χ4v) is 2.70. The number of aliphatic imine (C=N–C) groups is 1. The highest BCUT2D eigenvalue weighted by molar-refractivity contribution is 5.79. The molecule has 0 unspecified atom stereocenters. The van der Waals surface area contributed by atoms with Gasteiger partial charge in [-0.25, -0.2) is 4.39 Å². The third kappa shape index (κ3) is 7.56. The summed E-state index contributed by atoms with van der Waals surface area (Å²) in [6.45, 7) is 4.67. The molecule has 152 valence electrons. The van der Waals surface area contributed by atoms with Crippen molar-refractivity contribution in [1.29, 1.82) is 0 Å². The molecule has 0 radical (unpaired) electrons. The fraction of sp³-hybridized carbons (Fsp3) is 0.409. The summed E-state index contributed by atoms with van der Waals surface area (Å²) in [5.41, 5.74) is 3.31. The Labute approximate surface area is 167 Å². The molecule has 0 spiro atoms. The SMILES string of the molecule is CN=C(NCCc1ccc(F)cc1)NCc1ccc(C)cc1OCCCOC. The van der Waals surface area contributed by atoms with E-state index in [0.29, 0.717) is 32.3 Å². The molecule has 0 aliphatic heterocycles. The van der Waals surface area contributed by atoms with Crippen LogP contribution in [0.25, 0.3) is 0 Å². The molecule has 2 aromatic carbocycles. The lowest BCUT2D eigenvalue weighted by atomic mass is 10.1. The van der Waals surface area contributed by atoms with Gasteiger partial charge in [0.15, 0.2) is 5.96 Å². The molecule has 0 saturated heterocycles. The van der Waals surface area contributed by atoms with Crippen molar-refractivity contribution in [3.63, 3.8) is 0 Å². The van der Waals surface area contributed by atoms with Gasteiger partial charge in [0.25, 0.3) is 0 Å². The lowest BCUT2D eigenvalue weighted by molar-refractivity contribution is 0.172. The molecule has 0 aromatic heterocycles. The zero-order chi connectivity index (χ0) is 20.2. The summed E-state index contributed by atoms with van der Waals surface area (Å²) in [7, 11) is 3.43. The molecule has 28 heavy (non-hydrogen) atoms. The highest BCUT2D eigenvalue weighted by atomic mass is 19.1. The van der Waals surface area contributed by atoms with Gasteiger partial charge in [-0.3, -0.25) is 4.99 Å². The van der Waals surface area contributed by atoms with Crippen LogP contribution in [0.5, 0.6) is 5.75 Å². The summed E-state index contributed by atoms with van der Waals surface area (Å²) >= 11 is 0. The standard InChI is InChI=1S/C22H30FN3O2/c1-17-5-8-19(21(15-17)28-14-4-13-27-3)16-26-22(24-2)25-12-11-18-6-9-20(23)10-7-18/h5-10,15H,4,11-14,16H2,1-3H3,(H2,24,25,26). The summed E-state index contributed by atoms with van der Waals surface area (Å²) in [4.78, 5) is 4.26. The van der Waals surface area contributed by atoms with Crippen molar-refractivity contribution in [2.24, 2.45) is 4.99 Å². The van der Waals surface area contributed by atoms with E-state index in [1.807, 2.05) is 0 Å². The number of halogens is 1. The van der Waals surface area contributed by atoms with E-state index in [2.05, 4.69) is 40.7 Å². The number of guanidine groups is 1. The first-order chi connectivity index (χ1) is 13.6. The Hall–Kier alpha value is -2.60. The van der Waals surface area contributed by atoms with Crippen molar-refractivity contribution in [2.45, 2.75) is 26.3 Å². The van der Waals surface area contributed by atoms with E-state index in [4.69, 9.17) is 9.47 Å². The second-order valence-electron chi connectivity index (χ2n) is 6.54. The summed E-state index contributed by atoms with van der Waals surface area (Å²) in [6, 6.07) is 12.7. The molecule has 0 bridgehead atoms. The van der Waals surface area contributed by atoms with Crippen LogP contribution < -0.4 is 15.4 Å². The Balaban J connectivity index is 1.84. The molecule has 0 fully saturated rings. The number of nitrogens with one attached hydrogen (secondary N) is 2. The van der Waals surface area contributed by atoms with Gasteiger partial charge in [0.2, 0.25) is 0 Å². The van der Waals surface area contributed by atoms with Gasteiger partial charge in [-0.2, -0.15) is 0 Å². The zero-order valence-corrected chi connectivity index (χ0v) is 16.9. The van der Waals surface area contributed by atoms with Crippen LogP contribution in [0, 0.1) is 12.7 Å². The van der Waals surface area contributed by atoms with E-state index in [1.54, 1.807) is 26.3 Å². The Morgan fingerprint density at radius 3 is 2.57 bits per heavy atom. The topological polar surface area (TPSA) is 54.9 Å². The summed E-state index contributed by atoms with van der Waals surface area (Å²) in [6.07, 6.45) is 1.64. The predicted molar refractivity (Wildman–Crippen MR) is 111 cm³/mol. The summed E-state index contributed by atoms with van der Waals surface area (Å²) in [5, 5.41) is 6.60. The lowest BCUT2D eigenvalue weighted by Crippen LogP contribution is -2.37. The molecule has 0 heterocycles. The number of nitrogens with zero attached hydrogens (tertiary/aromatic N) is 1. The maximum absolute atomic E-state index is 13.0. The Kier molecular flexibility index (Phi) is 9.28. The number of hydrogen-bond acceptors (Lipinski definition) is 3. The molecular formula is C22H30FN3O2. The van der Waals surface area contributed by atoms with Gasteiger partial charge < -0.3 is 20.1 Å². The lowest BCUT2D eigenvalue weighted by Gasteiger charge is -2.15. The predicted octanol–water partition coefficient (Wildman–Crippen LogP) is 3.46. The van der Waals surface area contributed by atoms with Gasteiger partial charge in [-0.1, -0.05) is 24.3 Å². The van der Waals surface area contributed by atoms with Gasteiger partial charge in [0, 0.05) is 45.8 Å². The molecule has 0 aliphatic carbocycles. The number of benzene rings is 2. The Bertz CT molecular complexity index is 748. The minimum Gasteiger partial charge on any atom is -0.493 e. The van der Waals surface area contributed by atoms with Crippen LogP contribution in [-0.2, 0) is 17.7 Å². The van der Waals surface area contributed by atoms with Crippen molar-refractivity contribution in [3.8, 4) is 5.75 Å². The summed E-state index contributed by atoms with van der Waals surface area (Å²) < 4.78 is 24.0. The third-order valence-corrected chi connectivity index (χ3v) is 4.26. The van der Waals surface area contributed by atoms with Gasteiger partial charge in [0.05, 0.1) is 6.61 Å². The first-order valence-electron chi connectivity index (χ1n) is 9.52. The normalized spacial score (nSPS) is 11.4. The van der Waals surface area contributed by atoms with E-state index in [-0.39, 0.29) is 5.82 Å². The average molecular weight is 387 g/mol. The van der Waals surface area contributed by atoms with Crippen molar-refractivity contribution in [2.75, 3.05) is 33.9 Å². The van der Waals surface area contributed by atoms with E-state index >= 15 is 0 Å². The third-order valence-electron chi connectivity index (χ3n) is 4.26. The van der Waals surface area contributed by atoms with Crippen molar-refractivity contribution >= 4 is 5.96 Å². The molecule has 2 N–H and O–H groups in total. The number of hydrogen-bond donors (Lipinski definition) is 2. The average Bonchev–Trinajstić information content (AvgIpc) is 2.70. The second-order valence-corrected chi connectivity index (χ2v) is 6.54. The van der Waals surface area contributed by atoms with Crippen molar-refractivity contribution < 1.29 is 13.9 Å². The number of aryl methyl sites for hydroxylation is 1. The molecule has 6 heteroatoms. The van der Waals surface area contributed by atoms with Gasteiger partial charge in [0.1, 0.15) is 11.6 Å². The maximum Gasteiger partial charge on any atom is 0.191 e. The fourth-order valence-electron chi connectivity index (χ4n) is 2.70. The van der Waals surface area contributed by atoms with Gasteiger partial charge in [-0.15, -0.1) is 0 Å². The molecule has 5 nitrogen and oxygen atoms in total. The summed E-state index contributed by atoms with van der Waals surface area (Å²) in [5.74, 6) is 1.38. The second kappa shape index (κ2) is 12.0. The first-order valence-corrected chi connectivity index (χ1v) is 9.52. The van der Waals surface area contributed by atoms with Crippen LogP contribution in [0.3, 0.4) is 0 Å². The minimum atomic E-state index is -0.215. The van der Waals surface area contributed by atoms with Crippen LogP contribution >= 0.6 is 0 Å². The maximum atomic E-state index is 13.0. The molecule has 0 saturated carbocycles. The number of rotatable bonds is 10. The van der Waals surface area contributed by atoms with Crippen LogP contribution in [0.15, 0.2) is 47.5 Å². The van der Waals surface area contributed by atoms with Crippen LogP contribution in [0.2, 0.25) is 0 Å². The Morgan fingerprint density at radius 1 is 1.07 bits per heavy atom. The van der Waals surface area contributed by atoms with Crippen LogP contribution in [-0.4, -0.2) is 39.9 Å². The van der Waals surface area contributed by atoms with E-state index in [0.717, 1.165) is 35.3 Å². The molecule has 0 atom stereocenters. The quantitative estimate of drug-likeness (QED) is 0.372. The largest absolute Gasteiger partial charge is 0.493 e. The number of methoxy groups -OCH3 is 1. The van der Waals surface area contributed by atoms with E-state index in [1.165, 1.54) is 12.1 Å². The highest BCUT2D eigenvalue weighted by Crippen LogP contribution is 2.20. The minimum absolute atomic E-state index is 0.215. The van der Waals surface area contributed by atoms with Crippen molar-refractivity contribution in [1.82, 2.24) is 10.6 Å². The van der Waals surface area contributed by atoms with E-state index in [9.17, 15) is 4.39 Å². The molecule has 0 amide bonds. The molecule has 2 aromatic rings. The molecular weight excluding hydrogens is 357 g/mol. The van der Waals surface area contributed by atoms with E-state index < -0.39 is 0 Å². The Morgan fingerprint density at radius 2 is 1.86 bits per heavy atom. The van der Waals surface area contributed by atoms with Crippen LogP contribution in [0.4, 0.5) is 4.39 Å². The highest BCUT2D eigenvalue weighted by Gasteiger charge is 2.06. The zero-order valence-electron chi connectivity index (χ0n) is 16.9. The number of ether oxygens (including phenoxy) is 2. The molecule has 2 rings (SSSR count). The monoisotopic (exact) mass is 387 g/mol. The van der Waals surface area contributed by atoms with Gasteiger partial charge >= 0.3 is 0 Å². The first kappa shape index (κ1) is 21.7. The van der Waals surface area contributed by atoms with Crippen molar-refractivity contribution in [3.05, 3.63) is 65.0 Å². The van der Waals surface area contributed by atoms with Gasteiger partial charge in [-0.05, 0) is 42.7 Å². The molecule has 0 aliphatic rings. The van der Waals surface area contributed by atoms with Crippen LogP contribution in [0.1, 0.15) is 23.1 Å². The smallest absolute Gasteiger partial charge is 0.191 e.